The van der Waals surface area contributed by atoms with Crippen molar-refractivity contribution < 1.29 is 13.6 Å². The number of aryl methyl sites for hydroxylation is 3. The van der Waals surface area contributed by atoms with E-state index in [1.165, 1.54) is 18.7 Å². The van der Waals surface area contributed by atoms with Crippen molar-refractivity contribution in [3.8, 4) is 11.4 Å². The van der Waals surface area contributed by atoms with Crippen LogP contribution in [0.3, 0.4) is 0 Å². The summed E-state index contributed by atoms with van der Waals surface area (Å²) in [4.78, 5) is 29.4. The summed E-state index contributed by atoms with van der Waals surface area (Å²) in [5, 5.41) is 7.10. The normalized spacial score (nSPS) is 11.6. The van der Waals surface area contributed by atoms with Gasteiger partial charge in [-0.15, -0.1) is 0 Å². The molecule has 0 saturated carbocycles. The van der Waals surface area contributed by atoms with Crippen LogP contribution in [0.1, 0.15) is 54.7 Å². The van der Waals surface area contributed by atoms with Crippen LogP contribution >= 0.6 is 0 Å². The predicted molar refractivity (Wildman–Crippen MR) is 124 cm³/mol. The van der Waals surface area contributed by atoms with Gasteiger partial charge in [-0.2, -0.15) is 10.1 Å². The molecule has 1 N–H and O–H groups in total. The smallest absolute Gasteiger partial charge is 0.230 e. The summed E-state index contributed by atoms with van der Waals surface area (Å²) in [6, 6.07) is 3.12. The summed E-state index contributed by atoms with van der Waals surface area (Å²) in [6.45, 7) is 7.76. The number of hydrogen-bond donors (Lipinski definition) is 1. The number of oxazole rings is 1. The third-order valence-corrected chi connectivity index (χ3v) is 5.25. The SMILES string of the molecule is Cc1cc(-c2ncnc(Nc3cnn(C)c3)n2)c(F)cc1CCC(=O)c1coc(C(C)(C)C)n1. The average molecular weight is 464 g/mol. The number of benzene rings is 1. The minimum Gasteiger partial charge on any atom is -0.448 e. The molecule has 0 bridgehead atoms. The molecular weight excluding hydrogens is 437 g/mol. The molecule has 0 atom stereocenters. The monoisotopic (exact) mass is 463 g/mol. The summed E-state index contributed by atoms with van der Waals surface area (Å²) in [7, 11) is 1.80. The van der Waals surface area contributed by atoms with Crippen molar-refractivity contribution in [2.24, 2.45) is 7.05 Å². The molecule has 176 valence electrons. The highest BCUT2D eigenvalue weighted by atomic mass is 19.1. The zero-order valence-corrected chi connectivity index (χ0v) is 19.8. The van der Waals surface area contributed by atoms with Crippen LogP contribution in [0.4, 0.5) is 16.0 Å². The molecule has 0 unspecified atom stereocenters. The first-order valence-electron chi connectivity index (χ1n) is 10.8. The Bertz CT molecular complexity index is 1340. The van der Waals surface area contributed by atoms with Gasteiger partial charge in [-0.25, -0.2) is 19.3 Å². The number of anilines is 2. The molecule has 34 heavy (non-hydrogen) atoms. The highest BCUT2D eigenvalue weighted by molar-refractivity contribution is 5.94. The molecule has 10 heteroatoms. The largest absolute Gasteiger partial charge is 0.448 e. The Balaban J connectivity index is 1.48. The van der Waals surface area contributed by atoms with Crippen LogP contribution in [0.5, 0.6) is 0 Å². The first-order valence-corrected chi connectivity index (χ1v) is 10.8. The number of ketones is 1. The Morgan fingerprint density at radius 2 is 2.00 bits per heavy atom. The molecule has 9 nitrogen and oxygen atoms in total. The van der Waals surface area contributed by atoms with E-state index in [0.29, 0.717) is 23.7 Å². The topological polar surface area (TPSA) is 112 Å². The van der Waals surface area contributed by atoms with E-state index in [1.54, 1.807) is 30.2 Å². The second kappa shape index (κ2) is 9.12. The summed E-state index contributed by atoms with van der Waals surface area (Å²) in [5.41, 5.74) is 2.54. The fourth-order valence-corrected chi connectivity index (χ4v) is 3.39. The molecule has 0 radical (unpaired) electrons. The van der Waals surface area contributed by atoms with E-state index in [1.807, 2.05) is 27.7 Å². The Hall–Kier alpha value is -3.95. The highest BCUT2D eigenvalue weighted by Gasteiger charge is 2.22. The second-order valence-electron chi connectivity index (χ2n) is 9.13. The Kier molecular flexibility index (Phi) is 6.23. The number of carbonyl (C=O) groups excluding carboxylic acids is 1. The van der Waals surface area contributed by atoms with Crippen molar-refractivity contribution in [2.45, 2.75) is 46.0 Å². The van der Waals surface area contributed by atoms with Crippen molar-refractivity contribution in [1.29, 1.82) is 0 Å². The van der Waals surface area contributed by atoms with E-state index in [9.17, 15) is 4.79 Å². The van der Waals surface area contributed by atoms with Gasteiger partial charge in [0.25, 0.3) is 0 Å². The zero-order chi connectivity index (χ0) is 24.5. The van der Waals surface area contributed by atoms with Crippen LogP contribution in [0.25, 0.3) is 11.4 Å². The van der Waals surface area contributed by atoms with Crippen LogP contribution in [0.15, 0.2) is 41.5 Å². The molecule has 0 spiro atoms. The molecule has 3 heterocycles. The van der Waals surface area contributed by atoms with Crippen molar-refractivity contribution in [3.05, 3.63) is 65.6 Å². The number of carbonyl (C=O) groups is 1. The first kappa shape index (κ1) is 23.2. The maximum absolute atomic E-state index is 15.0. The zero-order valence-electron chi connectivity index (χ0n) is 19.8. The van der Waals surface area contributed by atoms with E-state index >= 15 is 4.39 Å². The van der Waals surface area contributed by atoms with Crippen LogP contribution in [0, 0.1) is 12.7 Å². The van der Waals surface area contributed by atoms with E-state index in [4.69, 9.17) is 4.42 Å². The lowest BCUT2D eigenvalue weighted by atomic mass is 9.97. The number of rotatable bonds is 7. The lowest BCUT2D eigenvalue weighted by molar-refractivity contribution is 0.0978. The quantitative estimate of drug-likeness (QED) is 0.397. The maximum atomic E-state index is 15.0. The second-order valence-corrected chi connectivity index (χ2v) is 9.13. The molecule has 4 aromatic rings. The minimum absolute atomic E-state index is 0.147. The maximum Gasteiger partial charge on any atom is 0.230 e. The van der Waals surface area contributed by atoms with Crippen molar-refractivity contribution >= 4 is 17.4 Å². The number of nitrogens with zero attached hydrogens (tertiary/aromatic N) is 6. The van der Waals surface area contributed by atoms with Gasteiger partial charge in [-0.3, -0.25) is 9.48 Å². The Labute approximate surface area is 196 Å². The van der Waals surface area contributed by atoms with Crippen molar-refractivity contribution in [3.63, 3.8) is 0 Å². The van der Waals surface area contributed by atoms with Gasteiger partial charge in [0, 0.05) is 25.1 Å². The van der Waals surface area contributed by atoms with E-state index < -0.39 is 5.82 Å². The van der Waals surface area contributed by atoms with E-state index in [0.717, 1.165) is 11.1 Å². The van der Waals surface area contributed by atoms with Gasteiger partial charge in [0.15, 0.2) is 17.5 Å². The lowest BCUT2D eigenvalue weighted by Gasteiger charge is -2.11. The van der Waals surface area contributed by atoms with Gasteiger partial charge in [0.05, 0.1) is 17.4 Å². The summed E-state index contributed by atoms with van der Waals surface area (Å²) >= 11 is 0. The number of halogens is 1. The third-order valence-electron chi connectivity index (χ3n) is 5.25. The molecule has 0 aliphatic heterocycles. The van der Waals surface area contributed by atoms with E-state index in [-0.39, 0.29) is 35.0 Å². The standard InChI is InChI=1S/C24H26FN7O2/c1-14-8-17(21-26-13-27-23(31-21)29-16-10-28-32(5)11-16)18(25)9-15(14)6-7-20(33)19-12-34-22(30-19)24(2,3)4/h8-13H,6-7H2,1-5H3,(H,26,27,29,31). The third kappa shape index (κ3) is 5.16. The van der Waals surface area contributed by atoms with Gasteiger partial charge < -0.3 is 9.73 Å². The number of aromatic nitrogens is 6. The predicted octanol–water partition coefficient (Wildman–Crippen LogP) is 4.56. The van der Waals surface area contributed by atoms with Crippen LogP contribution < -0.4 is 5.32 Å². The first-order chi connectivity index (χ1) is 16.1. The van der Waals surface area contributed by atoms with Gasteiger partial charge in [0.1, 0.15) is 24.1 Å². The van der Waals surface area contributed by atoms with Gasteiger partial charge in [0.2, 0.25) is 5.95 Å². The molecule has 1 aromatic carbocycles. The van der Waals surface area contributed by atoms with E-state index in [2.05, 4.69) is 30.4 Å². The van der Waals surface area contributed by atoms with Gasteiger partial charge in [-0.05, 0) is 36.6 Å². The molecule has 0 aliphatic carbocycles. The van der Waals surface area contributed by atoms with Crippen LogP contribution in [0.2, 0.25) is 0 Å². The molecule has 3 aromatic heterocycles. The fourth-order valence-electron chi connectivity index (χ4n) is 3.39. The van der Waals surface area contributed by atoms with Crippen LogP contribution in [-0.2, 0) is 18.9 Å². The molecular formula is C24H26FN7O2. The summed E-state index contributed by atoms with van der Waals surface area (Å²) in [6.07, 6.45) is 6.69. The lowest BCUT2D eigenvalue weighted by Crippen LogP contribution is -2.12. The molecule has 0 saturated heterocycles. The molecule has 0 aliphatic rings. The van der Waals surface area contributed by atoms with Gasteiger partial charge in [-0.1, -0.05) is 20.8 Å². The molecule has 4 rings (SSSR count). The Morgan fingerprint density at radius 3 is 2.68 bits per heavy atom. The molecule has 0 amide bonds. The van der Waals surface area contributed by atoms with Gasteiger partial charge >= 0.3 is 0 Å². The highest BCUT2D eigenvalue weighted by Crippen LogP contribution is 2.26. The van der Waals surface area contributed by atoms with Crippen molar-refractivity contribution in [2.75, 3.05) is 5.32 Å². The fraction of sp³-hybridized carbons (Fsp3) is 0.333. The Morgan fingerprint density at radius 1 is 1.21 bits per heavy atom. The average Bonchev–Trinajstić information content (AvgIpc) is 3.43. The summed E-state index contributed by atoms with van der Waals surface area (Å²) < 4.78 is 22.1. The minimum atomic E-state index is -0.469. The number of hydrogen-bond acceptors (Lipinski definition) is 8. The number of Topliss-reactive ketones (excluding diaryl/α,β-unsaturated/α-hetero) is 1. The van der Waals surface area contributed by atoms with Crippen LogP contribution in [-0.4, -0.2) is 35.5 Å². The summed E-state index contributed by atoms with van der Waals surface area (Å²) in [5.74, 6) is 0.390. The number of nitrogens with one attached hydrogen (secondary N) is 1. The van der Waals surface area contributed by atoms with Crippen molar-refractivity contribution in [1.82, 2.24) is 29.7 Å². The molecule has 0 fully saturated rings.